The van der Waals surface area contributed by atoms with Gasteiger partial charge in [0.15, 0.2) is 5.96 Å². The van der Waals surface area contributed by atoms with Gasteiger partial charge in [-0.1, -0.05) is 11.6 Å². The summed E-state index contributed by atoms with van der Waals surface area (Å²) < 4.78 is 10.9. The predicted molar refractivity (Wildman–Crippen MR) is 80.4 cm³/mol. The first-order chi connectivity index (χ1) is 9.57. The van der Waals surface area contributed by atoms with Crippen LogP contribution in [0.3, 0.4) is 0 Å². The van der Waals surface area contributed by atoms with E-state index in [2.05, 4.69) is 4.99 Å². The molecule has 1 fully saturated rings. The number of aliphatic imine (C=N–C) groups is 1. The second kappa shape index (κ2) is 6.33. The van der Waals surface area contributed by atoms with E-state index in [9.17, 15) is 0 Å². The van der Waals surface area contributed by atoms with E-state index < -0.39 is 0 Å². The van der Waals surface area contributed by atoms with E-state index in [1.807, 2.05) is 18.2 Å². The monoisotopic (exact) mass is 297 g/mol. The van der Waals surface area contributed by atoms with Crippen LogP contribution >= 0.6 is 11.6 Å². The molecule has 5 nitrogen and oxygen atoms in total. The Morgan fingerprint density at radius 3 is 2.70 bits per heavy atom. The largest absolute Gasteiger partial charge is 0.496 e. The fourth-order valence-corrected chi connectivity index (χ4v) is 2.78. The first-order valence-corrected chi connectivity index (χ1v) is 6.92. The minimum Gasteiger partial charge on any atom is -0.496 e. The normalized spacial score (nSPS) is 17.5. The number of rotatable bonds is 4. The molecule has 0 saturated carbocycles. The van der Waals surface area contributed by atoms with Crippen molar-refractivity contribution in [3.63, 3.8) is 0 Å². The third-order valence-corrected chi connectivity index (χ3v) is 3.98. The fraction of sp³-hybridized carbons (Fsp3) is 0.500. The molecule has 110 valence electrons. The lowest BCUT2D eigenvalue weighted by atomic mass is 9.73. The number of methoxy groups -OCH3 is 1. The number of guanidine groups is 1. The molecule has 0 atom stereocenters. The standard InChI is InChI=1S/C14H20ClN3O2/c1-19-12-3-2-10(15)8-11(12)14(9-18-13(16)17)4-6-20-7-5-14/h2-3,8H,4-7,9H2,1H3,(H4,16,17,18). The van der Waals surface area contributed by atoms with Crippen molar-refractivity contribution in [2.45, 2.75) is 18.3 Å². The van der Waals surface area contributed by atoms with Crippen LogP contribution in [-0.2, 0) is 10.2 Å². The molecule has 1 aliphatic heterocycles. The van der Waals surface area contributed by atoms with Crippen LogP contribution in [0.2, 0.25) is 5.02 Å². The highest BCUT2D eigenvalue weighted by molar-refractivity contribution is 6.30. The molecule has 1 heterocycles. The molecular weight excluding hydrogens is 278 g/mol. The zero-order chi connectivity index (χ0) is 14.6. The molecule has 0 bridgehead atoms. The average Bonchev–Trinajstić information content (AvgIpc) is 2.46. The topological polar surface area (TPSA) is 82.9 Å². The summed E-state index contributed by atoms with van der Waals surface area (Å²) >= 11 is 6.15. The Morgan fingerprint density at radius 2 is 2.10 bits per heavy atom. The first kappa shape index (κ1) is 14.9. The number of hydrogen-bond acceptors (Lipinski definition) is 3. The minimum atomic E-state index is -0.196. The van der Waals surface area contributed by atoms with Crippen LogP contribution in [0.15, 0.2) is 23.2 Å². The summed E-state index contributed by atoms with van der Waals surface area (Å²) in [6.07, 6.45) is 1.67. The smallest absolute Gasteiger partial charge is 0.185 e. The number of benzene rings is 1. The van der Waals surface area contributed by atoms with Crippen LogP contribution in [0.4, 0.5) is 0 Å². The van der Waals surface area contributed by atoms with Crippen LogP contribution in [0, 0.1) is 0 Å². The average molecular weight is 298 g/mol. The fourth-order valence-electron chi connectivity index (χ4n) is 2.61. The van der Waals surface area contributed by atoms with Gasteiger partial charge in [0, 0.05) is 29.2 Å². The predicted octanol–water partition coefficient (Wildman–Crippen LogP) is 1.67. The van der Waals surface area contributed by atoms with Gasteiger partial charge in [-0.2, -0.15) is 0 Å². The van der Waals surface area contributed by atoms with Gasteiger partial charge in [0.05, 0.1) is 13.7 Å². The van der Waals surface area contributed by atoms with Gasteiger partial charge in [-0.3, -0.25) is 4.99 Å². The van der Waals surface area contributed by atoms with Crippen LogP contribution < -0.4 is 16.2 Å². The van der Waals surface area contributed by atoms with Gasteiger partial charge in [0.1, 0.15) is 5.75 Å². The molecule has 1 aromatic carbocycles. The summed E-state index contributed by atoms with van der Waals surface area (Å²) in [5.41, 5.74) is 11.8. The van der Waals surface area contributed by atoms with Crippen molar-refractivity contribution in [3.8, 4) is 5.75 Å². The van der Waals surface area contributed by atoms with E-state index >= 15 is 0 Å². The zero-order valence-corrected chi connectivity index (χ0v) is 12.3. The summed E-state index contributed by atoms with van der Waals surface area (Å²) in [7, 11) is 1.65. The van der Waals surface area contributed by atoms with Crippen molar-refractivity contribution >= 4 is 17.6 Å². The Labute approximate surface area is 123 Å². The van der Waals surface area contributed by atoms with Crippen molar-refractivity contribution in [1.29, 1.82) is 0 Å². The first-order valence-electron chi connectivity index (χ1n) is 6.54. The highest BCUT2D eigenvalue weighted by Crippen LogP contribution is 2.41. The summed E-state index contributed by atoms with van der Waals surface area (Å²) in [4.78, 5) is 4.22. The molecule has 6 heteroatoms. The van der Waals surface area contributed by atoms with Crippen LogP contribution in [0.1, 0.15) is 18.4 Å². The Hall–Kier alpha value is -1.46. The number of hydrogen-bond donors (Lipinski definition) is 2. The third-order valence-electron chi connectivity index (χ3n) is 3.75. The van der Waals surface area contributed by atoms with Crippen LogP contribution in [-0.4, -0.2) is 32.8 Å². The lowest BCUT2D eigenvalue weighted by Gasteiger charge is -2.37. The Balaban J connectivity index is 2.45. The molecule has 0 aliphatic carbocycles. The molecule has 0 unspecified atom stereocenters. The van der Waals surface area contributed by atoms with Crippen LogP contribution in [0.5, 0.6) is 5.75 Å². The van der Waals surface area contributed by atoms with Gasteiger partial charge in [0.25, 0.3) is 0 Å². The van der Waals surface area contributed by atoms with E-state index in [0.717, 1.165) is 24.2 Å². The molecule has 0 spiro atoms. The lowest BCUT2D eigenvalue weighted by molar-refractivity contribution is 0.0523. The van der Waals surface area contributed by atoms with Crippen LogP contribution in [0.25, 0.3) is 0 Å². The molecule has 1 saturated heterocycles. The van der Waals surface area contributed by atoms with Gasteiger partial charge in [-0.15, -0.1) is 0 Å². The highest BCUT2D eigenvalue weighted by atomic mass is 35.5. The van der Waals surface area contributed by atoms with Gasteiger partial charge in [-0.25, -0.2) is 0 Å². The van der Waals surface area contributed by atoms with Crippen molar-refractivity contribution in [2.75, 3.05) is 26.9 Å². The quantitative estimate of drug-likeness (QED) is 0.654. The van der Waals surface area contributed by atoms with Gasteiger partial charge in [0.2, 0.25) is 0 Å². The zero-order valence-electron chi connectivity index (χ0n) is 11.6. The molecule has 1 aliphatic rings. The molecule has 0 radical (unpaired) electrons. The Morgan fingerprint density at radius 1 is 1.40 bits per heavy atom. The third kappa shape index (κ3) is 3.16. The molecule has 20 heavy (non-hydrogen) atoms. The van der Waals surface area contributed by atoms with E-state index in [4.69, 9.17) is 32.5 Å². The Bertz CT molecular complexity index is 495. The van der Waals surface area contributed by atoms with Gasteiger partial charge in [-0.05, 0) is 31.0 Å². The number of halogens is 1. The van der Waals surface area contributed by atoms with Crippen molar-refractivity contribution in [3.05, 3.63) is 28.8 Å². The van der Waals surface area contributed by atoms with Crippen molar-refractivity contribution in [1.82, 2.24) is 0 Å². The maximum Gasteiger partial charge on any atom is 0.185 e. The van der Waals surface area contributed by atoms with E-state index in [1.54, 1.807) is 7.11 Å². The summed E-state index contributed by atoms with van der Waals surface area (Å²) in [6, 6.07) is 5.63. The lowest BCUT2D eigenvalue weighted by Crippen LogP contribution is -2.38. The van der Waals surface area contributed by atoms with E-state index in [0.29, 0.717) is 24.8 Å². The maximum atomic E-state index is 6.15. The molecule has 1 aromatic rings. The van der Waals surface area contributed by atoms with E-state index in [-0.39, 0.29) is 11.4 Å². The molecule has 4 N–H and O–H groups in total. The SMILES string of the molecule is COc1ccc(Cl)cc1C1(CN=C(N)N)CCOCC1. The van der Waals surface area contributed by atoms with Gasteiger partial charge >= 0.3 is 0 Å². The number of nitrogens with two attached hydrogens (primary N) is 2. The van der Waals surface area contributed by atoms with E-state index in [1.165, 1.54) is 0 Å². The molecular formula is C14H20ClN3O2. The van der Waals surface area contributed by atoms with Gasteiger partial charge < -0.3 is 20.9 Å². The highest BCUT2D eigenvalue weighted by Gasteiger charge is 2.37. The number of ether oxygens (including phenoxy) is 2. The molecule has 0 aromatic heterocycles. The summed E-state index contributed by atoms with van der Waals surface area (Å²) in [6.45, 7) is 1.86. The second-order valence-electron chi connectivity index (χ2n) is 4.98. The molecule has 2 rings (SSSR count). The summed E-state index contributed by atoms with van der Waals surface area (Å²) in [5.74, 6) is 0.902. The molecule has 0 amide bonds. The minimum absolute atomic E-state index is 0.0943. The number of nitrogens with zero attached hydrogens (tertiary/aromatic N) is 1. The van der Waals surface area contributed by atoms with Crippen molar-refractivity contribution < 1.29 is 9.47 Å². The second-order valence-corrected chi connectivity index (χ2v) is 5.41. The summed E-state index contributed by atoms with van der Waals surface area (Å²) in [5, 5.41) is 0.677. The van der Waals surface area contributed by atoms with Crippen molar-refractivity contribution in [2.24, 2.45) is 16.5 Å². The maximum absolute atomic E-state index is 6.15. The Kier molecular flexibility index (Phi) is 4.73.